The molecule has 0 amide bonds. The van der Waals surface area contributed by atoms with E-state index in [1.165, 1.54) is 0 Å². The van der Waals surface area contributed by atoms with Crippen molar-refractivity contribution < 1.29 is 0 Å². The molecule has 0 unspecified atom stereocenters. The fourth-order valence-electron chi connectivity index (χ4n) is 1.14. The quantitative estimate of drug-likeness (QED) is 0.737. The largest absolute Gasteiger partial charge is 0.236 e. The number of nitrogens with zero attached hydrogens (tertiary/aromatic N) is 2. The Balaban J connectivity index is 2.58. The van der Waals surface area contributed by atoms with Gasteiger partial charge in [-0.15, -0.1) is 0 Å². The Morgan fingerprint density at radius 1 is 1.13 bits per heavy atom. The van der Waals surface area contributed by atoms with Crippen molar-refractivity contribution >= 4 is 39.1 Å². The maximum atomic E-state index is 5.90. The van der Waals surface area contributed by atoms with Crippen LogP contribution in [0.25, 0.3) is 11.4 Å². The van der Waals surface area contributed by atoms with Crippen LogP contribution in [-0.4, -0.2) is 9.97 Å². The zero-order valence-corrected chi connectivity index (χ0v) is 10.5. The second kappa shape index (κ2) is 4.47. The third-order valence-corrected chi connectivity index (χ3v) is 2.93. The lowest BCUT2D eigenvalue weighted by Crippen LogP contribution is -1.89. The number of benzene rings is 1. The van der Waals surface area contributed by atoms with Crippen LogP contribution in [-0.2, 0) is 0 Å². The molecule has 2 nitrogen and oxygen atoms in total. The van der Waals surface area contributed by atoms with Gasteiger partial charge in [-0.25, -0.2) is 9.97 Å². The minimum absolute atomic E-state index is 0.409. The predicted octanol–water partition coefficient (Wildman–Crippen LogP) is 4.21. The number of hydrogen-bond donors (Lipinski definition) is 0. The number of rotatable bonds is 1. The summed E-state index contributed by atoms with van der Waals surface area (Å²) in [5, 5.41) is 1.05. The zero-order valence-electron chi connectivity index (χ0n) is 7.42. The minimum atomic E-state index is 0.409. The predicted molar refractivity (Wildman–Crippen MR) is 65.2 cm³/mol. The summed E-state index contributed by atoms with van der Waals surface area (Å²) in [6.45, 7) is 0. The second-order valence-corrected chi connectivity index (χ2v) is 4.51. The number of halogens is 3. The van der Waals surface area contributed by atoms with Gasteiger partial charge in [0, 0.05) is 21.3 Å². The van der Waals surface area contributed by atoms with Gasteiger partial charge in [0.2, 0.25) is 0 Å². The normalized spacial score (nSPS) is 10.3. The fraction of sp³-hybridized carbons (Fsp3) is 0. The Kier molecular flexibility index (Phi) is 3.24. The van der Waals surface area contributed by atoms with Crippen LogP contribution in [0.3, 0.4) is 0 Å². The van der Waals surface area contributed by atoms with Crippen molar-refractivity contribution in [3.05, 3.63) is 45.1 Å². The third-order valence-electron chi connectivity index (χ3n) is 1.79. The summed E-state index contributed by atoms with van der Waals surface area (Å²) in [6.07, 6.45) is 1.61. The highest BCUT2D eigenvalue weighted by Crippen LogP contribution is 2.28. The van der Waals surface area contributed by atoms with Gasteiger partial charge in [-0.2, -0.15) is 0 Å². The van der Waals surface area contributed by atoms with E-state index >= 15 is 0 Å². The molecule has 0 N–H and O–H groups in total. The number of aromatic nitrogens is 2. The molecule has 0 spiro atoms. The second-order valence-electron chi connectivity index (χ2n) is 2.83. The molecule has 15 heavy (non-hydrogen) atoms. The van der Waals surface area contributed by atoms with Gasteiger partial charge >= 0.3 is 0 Å². The van der Waals surface area contributed by atoms with Crippen LogP contribution in [0.5, 0.6) is 0 Å². The molecule has 0 aliphatic rings. The fourth-order valence-corrected chi connectivity index (χ4v) is 1.87. The van der Waals surface area contributed by atoms with E-state index in [-0.39, 0.29) is 0 Å². The first-order valence-corrected chi connectivity index (χ1v) is 5.65. The van der Waals surface area contributed by atoms with Gasteiger partial charge in [-0.05, 0) is 24.3 Å². The molecule has 0 radical (unpaired) electrons. The van der Waals surface area contributed by atoms with E-state index in [9.17, 15) is 0 Å². The summed E-state index contributed by atoms with van der Waals surface area (Å²) < 4.78 is 0.883. The molecule has 5 heteroatoms. The molecular formula is C10H5BrCl2N2. The maximum Gasteiger partial charge on any atom is 0.162 e. The van der Waals surface area contributed by atoms with Crippen LogP contribution in [0.15, 0.2) is 34.9 Å². The summed E-state index contributed by atoms with van der Waals surface area (Å²) in [5.74, 6) is 0.553. The van der Waals surface area contributed by atoms with E-state index in [1.807, 2.05) is 6.07 Å². The van der Waals surface area contributed by atoms with Crippen LogP contribution in [0.4, 0.5) is 0 Å². The molecule has 0 bridgehead atoms. The summed E-state index contributed by atoms with van der Waals surface area (Å²) in [7, 11) is 0. The van der Waals surface area contributed by atoms with Crippen molar-refractivity contribution in [2.45, 2.75) is 0 Å². The van der Waals surface area contributed by atoms with Gasteiger partial charge in [-0.1, -0.05) is 39.1 Å². The van der Waals surface area contributed by atoms with Gasteiger partial charge in [0.25, 0.3) is 0 Å². The molecule has 0 aliphatic heterocycles. The van der Waals surface area contributed by atoms with Gasteiger partial charge < -0.3 is 0 Å². The van der Waals surface area contributed by atoms with Gasteiger partial charge in [-0.3, -0.25) is 0 Å². The standard InChI is InChI=1S/C10H5BrCl2N2/c11-8-2-1-6(12)5-7(8)10-14-4-3-9(13)15-10/h1-5H. The maximum absolute atomic E-state index is 5.90. The molecule has 0 saturated carbocycles. The average Bonchev–Trinajstić information content (AvgIpc) is 2.22. The topological polar surface area (TPSA) is 25.8 Å². The third kappa shape index (κ3) is 2.48. The Bertz CT molecular complexity index is 503. The highest BCUT2D eigenvalue weighted by molar-refractivity contribution is 9.10. The van der Waals surface area contributed by atoms with E-state index in [0.29, 0.717) is 16.0 Å². The highest BCUT2D eigenvalue weighted by atomic mass is 79.9. The highest BCUT2D eigenvalue weighted by Gasteiger charge is 2.07. The molecule has 1 aromatic heterocycles. The van der Waals surface area contributed by atoms with Crippen LogP contribution < -0.4 is 0 Å². The average molecular weight is 304 g/mol. The first-order valence-electron chi connectivity index (χ1n) is 4.11. The SMILES string of the molecule is Clc1ccc(Br)c(-c2nccc(Cl)n2)c1. The van der Waals surface area contributed by atoms with E-state index in [0.717, 1.165) is 10.0 Å². The lowest BCUT2D eigenvalue weighted by Gasteiger charge is -2.03. The zero-order chi connectivity index (χ0) is 10.8. The van der Waals surface area contributed by atoms with E-state index < -0.39 is 0 Å². The van der Waals surface area contributed by atoms with Crippen molar-refractivity contribution in [1.29, 1.82) is 0 Å². The summed E-state index contributed by atoms with van der Waals surface area (Å²) in [4.78, 5) is 8.24. The van der Waals surface area contributed by atoms with Crippen molar-refractivity contribution in [1.82, 2.24) is 9.97 Å². The molecule has 2 aromatic rings. The van der Waals surface area contributed by atoms with Gasteiger partial charge in [0.15, 0.2) is 5.82 Å². The number of hydrogen-bond acceptors (Lipinski definition) is 2. The van der Waals surface area contributed by atoms with Crippen molar-refractivity contribution in [2.24, 2.45) is 0 Å². The Labute approximate surface area is 105 Å². The van der Waals surface area contributed by atoms with Crippen LogP contribution in [0.2, 0.25) is 10.2 Å². The first kappa shape index (κ1) is 10.9. The van der Waals surface area contributed by atoms with Crippen LogP contribution >= 0.6 is 39.1 Å². The monoisotopic (exact) mass is 302 g/mol. The van der Waals surface area contributed by atoms with Gasteiger partial charge in [0.05, 0.1) is 0 Å². The molecule has 0 saturated heterocycles. The summed E-state index contributed by atoms with van der Waals surface area (Å²) in [5.41, 5.74) is 0.824. The Hall–Kier alpha value is -0.640. The minimum Gasteiger partial charge on any atom is -0.236 e. The molecule has 76 valence electrons. The summed E-state index contributed by atoms with van der Waals surface area (Å²) in [6, 6.07) is 7.06. The van der Waals surface area contributed by atoms with Crippen molar-refractivity contribution in [3.63, 3.8) is 0 Å². The van der Waals surface area contributed by atoms with Crippen molar-refractivity contribution in [2.75, 3.05) is 0 Å². The summed E-state index contributed by atoms with van der Waals surface area (Å²) >= 11 is 15.1. The molecule has 2 rings (SSSR count). The Morgan fingerprint density at radius 3 is 2.67 bits per heavy atom. The lowest BCUT2D eigenvalue weighted by atomic mass is 10.2. The van der Waals surface area contributed by atoms with Gasteiger partial charge in [0.1, 0.15) is 5.15 Å². The van der Waals surface area contributed by atoms with Crippen LogP contribution in [0, 0.1) is 0 Å². The van der Waals surface area contributed by atoms with E-state index in [4.69, 9.17) is 23.2 Å². The molecule has 0 atom stereocenters. The Morgan fingerprint density at radius 2 is 1.93 bits per heavy atom. The van der Waals surface area contributed by atoms with E-state index in [2.05, 4.69) is 25.9 Å². The van der Waals surface area contributed by atoms with Crippen LogP contribution in [0.1, 0.15) is 0 Å². The molecular weight excluding hydrogens is 299 g/mol. The van der Waals surface area contributed by atoms with E-state index in [1.54, 1.807) is 24.4 Å². The van der Waals surface area contributed by atoms with Crippen molar-refractivity contribution in [3.8, 4) is 11.4 Å². The molecule has 1 heterocycles. The first-order chi connectivity index (χ1) is 7.16. The molecule has 0 fully saturated rings. The smallest absolute Gasteiger partial charge is 0.162 e. The lowest BCUT2D eigenvalue weighted by molar-refractivity contribution is 1.17. The molecule has 0 aliphatic carbocycles. The molecule has 1 aromatic carbocycles.